The molecule has 0 fully saturated rings. The van der Waals surface area contributed by atoms with E-state index in [9.17, 15) is 0 Å². The molecule has 0 spiro atoms. The van der Waals surface area contributed by atoms with Crippen LogP contribution in [0.1, 0.15) is 33.9 Å². The second-order valence-corrected chi connectivity index (χ2v) is 7.31. The van der Waals surface area contributed by atoms with Crippen molar-refractivity contribution in [2.24, 2.45) is 0 Å². The molecule has 1 nitrogen and oxygen atoms in total. The lowest BCUT2D eigenvalue weighted by molar-refractivity contribution is -0.0245. The Bertz CT molecular complexity index is 1020. The highest BCUT2D eigenvalue weighted by Gasteiger charge is 2.40. The number of hydrogen-bond donors (Lipinski definition) is 0. The lowest BCUT2D eigenvalue weighted by Gasteiger charge is -2.38. The number of hydrogen-bond acceptors (Lipinski definition) is 1. The van der Waals surface area contributed by atoms with Crippen molar-refractivity contribution in [3.05, 3.63) is 149 Å². The molecule has 0 bridgehead atoms. The lowest BCUT2D eigenvalue weighted by atomic mass is 9.79. The molecule has 1 aliphatic rings. The minimum atomic E-state index is -0.712. The zero-order valence-corrected chi connectivity index (χ0v) is 16.1. The minimum Gasteiger partial charge on any atom is -0.349 e. The van der Waals surface area contributed by atoms with Crippen molar-refractivity contribution >= 4 is 6.08 Å². The molecule has 0 amide bonds. The first-order chi connectivity index (χ1) is 14.4. The Labute approximate surface area is 171 Å². The summed E-state index contributed by atoms with van der Waals surface area (Å²) in [7, 11) is 0. The summed E-state index contributed by atoms with van der Waals surface area (Å²) in [4.78, 5) is 0. The molecule has 0 aliphatic heterocycles. The zero-order valence-electron chi connectivity index (χ0n) is 16.1. The van der Waals surface area contributed by atoms with Crippen LogP contribution >= 0.6 is 0 Å². The fourth-order valence-electron chi connectivity index (χ4n) is 4.23. The van der Waals surface area contributed by atoms with Crippen molar-refractivity contribution in [2.45, 2.75) is 11.7 Å². The van der Waals surface area contributed by atoms with Crippen molar-refractivity contribution in [1.82, 2.24) is 0 Å². The first-order valence-corrected chi connectivity index (χ1v) is 9.99. The number of rotatable bonds is 5. The van der Waals surface area contributed by atoms with E-state index in [2.05, 4.69) is 127 Å². The van der Waals surface area contributed by atoms with Gasteiger partial charge in [-0.2, -0.15) is 0 Å². The van der Waals surface area contributed by atoms with Crippen LogP contribution in [0.25, 0.3) is 6.08 Å². The first-order valence-electron chi connectivity index (χ1n) is 9.99. The van der Waals surface area contributed by atoms with Crippen LogP contribution in [0, 0.1) is 0 Å². The van der Waals surface area contributed by atoms with E-state index in [-0.39, 0.29) is 6.10 Å². The van der Waals surface area contributed by atoms with E-state index in [1.807, 2.05) is 0 Å². The summed E-state index contributed by atoms with van der Waals surface area (Å²) in [5.41, 5.74) is 5.08. The summed E-state index contributed by atoms with van der Waals surface area (Å²) in [6.07, 6.45) is 4.20. The zero-order chi connectivity index (χ0) is 19.5. The minimum absolute atomic E-state index is 0.119. The van der Waals surface area contributed by atoms with Gasteiger partial charge in [0.1, 0.15) is 11.7 Å². The molecule has 0 aromatic heterocycles. The Morgan fingerprint density at radius 1 is 0.517 bits per heavy atom. The molecule has 0 saturated heterocycles. The van der Waals surface area contributed by atoms with Crippen molar-refractivity contribution in [2.75, 3.05) is 0 Å². The van der Waals surface area contributed by atoms with Crippen LogP contribution in [0.15, 0.2) is 121 Å². The van der Waals surface area contributed by atoms with Crippen molar-refractivity contribution < 1.29 is 4.74 Å². The topological polar surface area (TPSA) is 9.23 Å². The third-order valence-corrected chi connectivity index (χ3v) is 5.60. The summed E-state index contributed by atoms with van der Waals surface area (Å²) < 4.78 is 7.10. The average molecular weight is 374 g/mol. The maximum atomic E-state index is 7.10. The third-order valence-electron chi connectivity index (χ3n) is 5.60. The second-order valence-electron chi connectivity index (χ2n) is 7.31. The highest BCUT2D eigenvalue weighted by Crippen LogP contribution is 2.46. The van der Waals surface area contributed by atoms with Crippen molar-refractivity contribution in [3.63, 3.8) is 0 Å². The molecule has 4 aromatic rings. The molecule has 1 heteroatoms. The van der Waals surface area contributed by atoms with Gasteiger partial charge in [0, 0.05) is 0 Å². The van der Waals surface area contributed by atoms with Gasteiger partial charge in [0.2, 0.25) is 0 Å². The van der Waals surface area contributed by atoms with Crippen LogP contribution in [0.5, 0.6) is 0 Å². The van der Waals surface area contributed by atoms with E-state index in [4.69, 9.17) is 4.74 Å². The second kappa shape index (κ2) is 7.54. The van der Waals surface area contributed by atoms with E-state index in [1.54, 1.807) is 0 Å². The van der Waals surface area contributed by atoms with Gasteiger partial charge in [-0.15, -0.1) is 0 Å². The average Bonchev–Trinajstić information content (AvgIpc) is 3.22. The molecule has 0 saturated carbocycles. The molecule has 1 atom stereocenters. The number of ether oxygens (including phenoxy) is 1. The molecule has 0 heterocycles. The third kappa shape index (κ3) is 3.10. The molecule has 140 valence electrons. The summed E-state index contributed by atoms with van der Waals surface area (Å²) in [5.74, 6) is 0. The molecule has 1 aliphatic carbocycles. The van der Waals surface area contributed by atoms with Gasteiger partial charge in [-0.3, -0.25) is 0 Å². The monoisotopic (exact) mass is 374 g/mol. The fourth-order valence-corrected chi connectivity index (χ4v) is 4.23. The van der Waals surface area contributed by atoms with E-state index in [0.29, 0.717) is 0 Å². The maximum Gasteiger partial charge on any atom is 0.145 e. The highest BCUT2D eigenvalue weighted by molar-refractivity contribution is 5.62. The van der Waals surface area contributed by atoms with Crippen LogP contribution in [-0.2, 0) is 10.3 Å². The number of fused-ring (bicyclic) bond motifs is 1. The van der Waals surface area contributed by atoms with Gasteiger partial charge in [-0.05, 0) is 27.8 Å². The Hall–Kier alpha value is -3.42. The van der Waals surface area contributed by atoms with Gasteiger partial charge in [-0.1, -0.05) is 127 Å². The van der Waals surface area contributed by atoms with E-state index >= 15 is 0 Å². The Morgan fingerprint density at radius 3 is 1.48 bits per heavy atom. The Morgan fingerprint density at radius 2 is 0.966 bits per heavy atom. The normalized spacial score (nSPS) is 15.2. The molecule has 1 unspecified atom stereocenters. The molecule has 0 N–H and O–H groups in total. The SMILES string of the molecule is C1=CC(OC(c2ccccc2)(c2ccccc2)c2ccccc2)c2ccccc21. The molecule has 5 rings (SSSR count). The van der Waals surface area contributed by atoms with Gasteiger partial charge < -0.3 is 4.74 Å². The van der Waals surface area contributed by atoms with E-state index in [0.717, 1.165) is 16.7 Å². The first kappa shape index (κ1) is 17.7. The fraction of sp³-hybridized carbons (Fsp3) is 0.0714. The van der Waals surface area contributed by atoms with E-state index in [1.165, 1.54) is 11.1 Å². The maximum absolute atomic E-state index is 7.10. The summed E-state index contributed by atoms with van der Waals surface area (Å²) in [6.45, 7) is 0. The van der Waals surface area contributed by atoms with Crippen LogP contribution in [0.4, 0.5) is 0 Å². The molecule has 4 aromatic carbocycles. The van der Waals surface area contributed by atoms with Crippen molar-refractivity contribution in [1.29, 1.82) is 0 Å². The summed E-state index contributed by atoms with van der Waals surface area (Å²) in [5, 5.41) is 0. The van der Waals surface area contributed by atoms with Crippen molar-refractivity contribution in [3.8, 4) is 0 Å². The van der Waals surface area contributed by atoms with Crippen LogP contribution in [-0.4, -0.2) is 0 Å². The standard InChI is InChI=1S/C28H22O/c1-4-13-23(14-5-1)28(24-15-6-2-7-16-24,25-17-8-3-9-18-25)29-27-21-20-22-12-10-11-19-26(22)27/h1-21,27H. The van der Waals surface area contributed by atoms with Crippen LogP contribution in [0.2, 0.25) is 0 Å². The predicted octanol–water partition coefficient (Wildman–Crippen LogP) is 6.76. The van der Waals surface area contributed by atoms with Crippen LogP contribution < -0.4 is 0 Å². The van der Waals surface area contributed by atoms with E-state index < -0.39 is 5.60 Å². The quantitative estimate of drug-likeness (QED) is 0.351. The van der Waals surface area contributed by atoms with Gasteiger partial charge in [-0.25, -0.2) is 0 Å². The van der Waals surface area contributed by atoms with Gasteiger partial charge in [0.15, 0.2) is 0 Å². The summed E-state index contributed by atoms with van der Waals surface area (Å²) >= 11 is 0. The van der Waals surface area contributed by atoms with Gasteiger partial charge in [0.05, 0.1) is 0 Å². The molecular weight excluding hydrogens is 352 g/mol. The van der Waals surface area contributed by atoms with Gasteiger partial charge in [0.25, 0.3) is 0 Å². The lowest BCUT2D eigenvalue weighted by Crippen LogP contribution is -2.34. The predicted molar refractivity (Wildman–Crippen MR) is 119 cm³/mol. The molecule has 29 heavy (non-hydrogen) atoms. The Balaban J connectivity index is 1.74. The molecular formula is C28H22O. The Kier molecular flexibility index (Phi) is 4.59. The summed E-state index contributed by atoms with van der Waals surface area (Å²) in [6, 6.07) is 40.0. The molecule has 0 radical (unpaired) electrons. The smallest absolute Gasteiger partial charge is 0.145 e. The number of benzene rings is 4. The van der Waals surface area contributed by atoms with Crippen LogP contribution in [0.3, 0.4) is 0 Å². The largest absolute Gasteiger partial charge is 0.349 e. The highest BCUT2D eigenvalue weighted by atomic mass is 16.5. The van der Waals surface area contributed by atoms with Gasteiger partial charge >= 0.3 is 0 Å².